The second kappa shape index (κ2) is 47.6. The van der Waals surface area contributed by atoms with Gasteiger partial charge in [-0.1, -0.05) is 0 Å². The maximum absolute atomic E-state index is 14.1. The van der Waals surface area contributed by atoms with E-state index in [1.807, 2.05) is 0 Å². The fourth-order valence-electron chi connectivity index (χ4n) is 15.6. The number of nitrogens with zero attached hydrogens (tertiary/aromatic N) is 6. The molecule has 22 fully saturated rings. The van der Waals surface area contributed by atoms with Gasteiger partial charge in [0.25, 0.3) is 0 Å². The standard InChI is InChI=1S/C72H114N12O36.Fe/c1-94-31-37-49-55(100-7)61(106-13)67(112-37)115-46-34(28-76-43(85)16-22-73-40-19-25-82(91)70(88)79-40)110-65(59(104-11)52(46)97-4)119-50-38(32-95-2)114-69(63(108-15)56(50)101-8)117-48-36(30-78-45(87)18-24-75-42-21-27-84(93)72(90)81-42)111-66(60(105-12)54(48)99-6)120-51-39(33-96-3)113-68(62(107-14)57(51)102-9)116-47-35(109-64(118-49)58(103-10)53(47)98-5)29-77-44(86)17-23-74-41-20-26-83(92)71(89)80-41;/h19-21,25-27,34-39,46-69,91-93H,16-18,22-24,28-33H2,1-15H3,(H,76,85)(H,77,86)(H,78,87)(H,73,79,88)(H,74,80,89)(H,75,81,90);/t34-,35-,36+,37+,38-,39-,46+,47-,48+,49-,50+,51-,52+,53+,54+,55-,56+,57+,58+,59+,60-,61+,62+,63+,64+,65+,66+,67+,68+,69+;/m1./s1. The summed E-state index contributed by atoms with van der Waals surface area (Å²) >= 11 is 0. The molecule has 686 valence electrons. The van der Waals surface area contributed by atoms with Crippen LogP contribution in [0.4, 0.5) is 17.5 Å². The SMILES string of the molecule is COC[C@@H]1O[C@H]2O[C@@H]3[C@H](OC)[C@H](OC)[C@H](O[C@@H]4[C@H](OC)[C@H](OC)[C@H](O[C@@H]5[C@H](OC)[C@@H](OC)[C@H](O[C@H]6[C@H](OC)[C@H](OC)[C@H](O[C@H]7[C@H](OC)[C@H](OC)[C@H](O[C@H]1[C@@H](OC)[C@@H]2OC)O[C@@H]7CNC(=O)CCNc1ccn(O)c(=O)n1)O[C@@H]6COC)O[C@H]5CNC(=O)CCNc1ccn(O)c(=O)n1)O[C@@H]4COC)O[C@@H]3CNC(=O)CCNc1ccn(O)c(=O)n1.[Fe]. The summed E-state index contributed by atoms with van der Waals surface area (Å²) < 4.78 is 179. The van der Waals surface area contributed by atoms with Crippen LogP contribution in [0.15, 0.2) is 51.2 Å². The third kappa shape index (κ3) is 23.9. The van der Waals surface area contributed by atoms with Gasteiger partial charge in [-0.2, -0.15) is 15.0 Å². The minimum absolute atomic E-state index is 0. The van der Waals surface area contributed by atoms with Crippen molar-refractivity contribution in [1.29, 1.82) is 0 Å². The van der Waals surface area contributed by atoms with Crippen LogP contribution >= 0.6 is 0 Å². The summed E-state index contributed by atoms with van der Waals surface area (Å²) in [5.41, 5.74) is -2.86. The van der Waals surface area contributed by atoms with E-state index < -0.39 is 219 Å². The van der Waals surface area contributed by atoms with E-state index >= 15 is 0 Å². The Morgan fingerprint density at radius 1 is 0.314 bits per heavy atom. The maximum Gasteiger partial charge on any atom is 0.382 e. The molecule has 25 rings (SSSR count). The van der Waals surface area contributed by atoms with Gasteiger partial charge in [0.15, 0.2) is 37.7 Å². The van der Waals surface area contributed by atoms with Crippen molar-refractivity contribution < 1.29 is 175 Å². The van der Waals surface area contributed by atoms with E-state index in [9.17, 15) is 44.4 Å². The van der Waals surface area contributed by atoms with Gasteiger partial charge in [-0.25, -0.2) is 14.4 Å². The number of aromatic nitrogens is 6. The Labute approximate surface area is 706 Å². The molecule has 3 aromatic rings. The first kappa shape index (κ1) is 98.1. The molecule has 25 heterocycles. The summed E-state index contributed by atoms with van der Waals surface area (Å²) in [6.07, 6.45) is -35.4. The number of rotatable bonds is 36. The van der Waals surface area contributed by atoms with Crippen molar-refractivity contribution in [1.82, 2.24) is 45.1 Å². The molecule has 0 spiro atoms. The predicted molar refractivity (Wildman–Crippen MR) is 402 cm³/mol. The van der Waals surface area contributed by atoms with E-state index in [2.05, 4.69) is 46.9 Å². The molecule has 30 atom stereocenters. The van der Waals surface area contributed by atoms with Crippen LogP contribution in [0.5, 0.6) is 0 Å². The van der Waals surface area contributed by atoms with Crippen LogP contribution in [-0.4, -0.2) is 412 Å². The Bertz CT molecular complexity index is 3480. The molecule has 48 nitrogen and oxygen atoms in total. The van der Waals surface area contributed by atoms with Crippen LogP contribution in [-0.2, 0) is 159 Å². The molecule has 0 aromatic carbocycles. The molecule has 9 N–H and O–H groups in total. The van der Waals surface area contributed by atoms with Gasteiger partial charge in [0.2, 0.25) is 17.7 Å². The number of methoxy groups -OCH3 is 15. The molecule has 3 amide bonds. The summed E-state index contributed by atoms with van der Waals surface area (Å²) in [4.78, 5) is 90.0. The van der Waals surface area contributed by atoms with Crippen LogP contribution < -0.4 is 49.0 Å². The fourth-order valence-corrected chi connectivity index (χ4v) is 15.6. The second-order valence-corrected chi connectivity index (χ2v) is 28.4. The van der Waals surface area contributed by atoms with E-state index in [1.54, 1.807) is 0 Å². The third-order valence-electron chi connectivity index (χ3n) is 21.4. The van der Waals surface area contributed by atoms with Gasteiger partial charge in [-0.3, -0.25) is 14.4 Å². The van der Waals surface area contributed by atoms with E-state index in [0.717, 1.165) is 18.6 Å². The monoisotopic (exact) mass is 1780 g/mol. The average molecular weight is 1780 g/mol. The van der Waals surface area contributed by atoms with E-state index in [1.165, 1.54) is 125 Å². The molecule has 22 aliphatic heterocycles. The number of carbonyl (C=O) groups is 3. The zero-order valence-electron chi connectivity index (χ0n) is 69.6. The van der Waals surface area contributed by atoms with E-state index in [4.69, 9.17) is 128 Å². The van der Waals surface area contributed by atoms with Gasteiger partial charge in [-0.15, -0.1) is 14.2 Å². The largest absolute Gasteiger partial charge is 0.424 e. The van der Waals surface area contributed by atoms with Crippen LogP contribution in [0.2, 0.25) is 0 Å². The smallest absolute Gasteiger partial charge is 0.382 e. The first-order valence-corrected chi connectivity index (χ1v) is 38.6. The molecule has 12 bridgehead atoms. The van der Waals surface area contributed by atoms with Crippen molar-refractivity contribution in [3.05, 3.63) is 68.2 Å². The number of nitrogens with one attached hydrogen (secondary N) is 6. The molecule has 121 heavy (non-hydrogen) atoms. The minimum Gasteiger partial charge on any atom is -0.424 e. The second-order valence-electron chi connectivity index (χ2n) is 28.4. The van der Waals surface area contributed by atoms with Gasteiger partial charge in [0.05, 0.1) is 38.4 Å². The third-order valence-corrected chi connectivity index (χ3v) is 21.4. The van der Waals surface area contributed by atoms with Crippen molar-refractivity contribution >= 4 is 35.2 Å². The Morgan fingerprint density at radius 2 is 0.504 bits per heavy atom. The quantitative estimate of drug-likeness (QED) is 0.0194. The van der Waals surface area contributed by atoms with Crippen molar-refractivity contribution in [2.75, 3.05) is 182 Å². The van der Waals surface area contributed by atoms with Gasteiger partial charge < -0.3 is 175 Å². The minimum atomic E-state index is -1.48. The molecule has 0 unspecified atom stereocenters. The molecule has 49 heteroatoms. The number of amides is 3. The number of hydrogen-bond donors (Lipinski definition) is 9. The fraction of sp³-hybridized carbons (Fsp3) is 0.792. The van der Waals surface area contributed by atoms with Crippen LogP contribution in [0.25, 0.3) is 0 Å². The normalized spacial score (nSPS) is 35.1. The summed E-state index contributed by atoms with van der Waals surface area (Å²) in [5, 5.41) is 46.7. The summed E-state index contributed by atoms with van der Waals surface area (Å²) in [5.74, 6) is -1.30. The van der Waals surface area contributed by atoms with Gasteiger partial charge >= 0.3 is 17.1 Å². The maximum atomic E-state index is 14.1. The molecule has 0 saturated carbocycles. The Morgan fingerprint density at radius 3 is 0.686 bits per heavy atom. The zero-order chi connectivity index (χ0) is 86.4. The number of anilines is 3. The number of carbonyl (C=O) groups excluding carboxylic acids is 3. The van der Waals surface area contributed by atoms with Gasteiger partial charge in [0.1, 0.15) is 164 Å². The average Bonchev–Trinajstić information content (AvgIpc) is 0.758. The molecule has 3 aromatic heterocycles. The summed E-state index contributed by atoms with van der Waals surface area (Å²) in [6, 6.07) is 4.02. The number of hydrogen-bond acceptors (Lipinski definition) is 42. The Hall–Kier alpha value is -6.71. The first-order valence-electron chi connectivity index (χ1n) is 38.6. The Balaban J connectivity index is 0.0000166. The predicted octanol–water partition coefficient (Wildman–Crippen LogP) is -4.99. The molecule has 22 aliphatic rings. The first-order chi connectivity index (χ1) is 58.0. The van der Waals surface area contributed by atoms with Crippen molar-refractivity contribution in [3.63, 3.8) is 0 Å². The molecule has 22 saturated heterocycles. The molecule has 0 aliphatic carbocycles. The van der Waals surface area contributed by atoms with E-state index in [-0.39, 0.29) is 113 Å². The summed E-state index contributed by atoms with van der Waals surface area (Å²) in [7, 11) is 21.1. The molecular weight excluding hydrogens is 1660 g/mol. The Kier molecular flexibility index (Phi) is 38.6. The van der Waals surface area contributed by atoms with Crippen LogP contribution in [0.3, 0.4) is 0 Å². The number of ether oxygens (including phenoxy) is 27. The molecule has 0 radical (unpaired) electrons. The summed E-state index contributed by atoms with van der Waals surface area (Å²) in [6.45, 7) is -1.67. The van der Waals surface area contributed by atoms with E-state index in [0.29, 0.717) is 14.2 Å². The van der Waals surface area contributed by atoms with Crippen molar-refractivity contribution in [2.45, 2.75) is 203 Å². The van der Waals surface area contributed by atoms with Gasteiger partial charge in [0, 0.05) is 200 Å². The van der Waals surface area contributed by atoms with Crippen LogP contribution in [0, 0.1) is 0 Å². The molecular formula is C72H114FeN12O36. The van der Waals surface area contributed by atoms with Crippen molar-refractivity contribution in [2.24, 2.45) is 0 Å². The zero-order valence-corrected chi connectivity index (χ0v) is 70.7. The topological polar surface area (TPSA) is 538 Å². The van der Waals surface area contributed by atoms with Crippen molar-refractivity contribution in [3.8, 4) is 0 Å². The van der Waals surface area contributed by atoms with Crippen LogP contribution in [0.1, 0.15) is 19.3 Å². The van der Waals surface area contributed by atoms with Gasteiger partial charge in [-0.05, 0) is 0 Å².